The lowest BCUT2D eigenvalue weighted by Gasteiger charge is -2.41. The van der Waals surface area contributed by atoms with Gasteiger partial charge in [0.25, 0.3) is 0 Å². The highest BCUT2D eigenvalue weighted by Crippen LogP contribution is 2.21. The number of hydrogen-bond donors (Lipinski definition) is 4. The number of halogens is 2. The molecular weight excluding hydrogens is 625 g/mol. The number of aromatic amines is 1. The van der Waals surface area contributed by atoms with E-state index < -0.39 is 6.09 Å². The van der Waals surface area contributed by atoms with E-state index in [1.807, 2.05) is 48.3 Å². The summed E-state index contributed by atoms with van der Waals surface area (Å²) in [5.41, 5.74) is 13.5. The molecule has 5 N–H and O–H groups in total. The van der Waals surface area contributed by atoms with Gasteiger partial charge < -0.3 is 25.1 Å². The number of nitrogens with zero attached hydrogens (tertiary/aromatic N) is 3. The fraction of sp³-hybridized carbons (Fsp3) is 0.382. The molecule has 2 heterocycles. The summed E-state index contributed by atoms with van der Waals surface area (Å²) in [4.78, 5) is 23.5. The number of hydrazine groups is 1. The molecule has 1 aliphatic rings. The van der Waals surface area contributed by atoms with E-state index in [0.717, 1.165) is 74.2 Å². The summed E-state index contributed by atoms with van der Waals surface area (Å²) in [5, 5.41) is 9.67. The molecule has 248 valence electrons. The van der Waals surface area contributed by atoms with Crippen LogP contribution in [-0.4, -0.2) is 77.2 Å². The van der Waals surface area contributed by atoms with E-state index in [1.165, 1.54) is 11.1 Å². The number of hydrogen-bond acceptors (Lipinski definition) is 7. The Kier molecular flexibility index (Phi) is 14.8. The van der Waals surface area contributed by atoms with Crippen LogP contribution in [0.2, 0.25) is 0 Å². The van der Waals surface area contributed by atoms with E-state index >= 15 is 0 Å². The summed E-state index contributed by atoms with van der Waals surface area (Å²) in [6.07, 6.45) is 3.86. The second-order valence-corrected chi connectivity index (χ2v) is 11.2. The zero-order valence-corrected chi connectivity index (χ0v) is 27.9. The standard InChI is InChI=1S/C34H43N7O3.2ClH/c1-2-43-22-6-9-32-37-30-17-16-29(23-31(30)38-32)44-34(42)39-41-21-20-40(19-18-25-7-4-3-5-8-25)24-28(41)15-12-26-10-13-27(14-11-26)33(35)36;;/h3-5,7-8,10-11,13-14,16-17,23,28H,2,6,9,12,15,18-22,24H2,1H3,(H3,35,36)(H,37,38)(H,39,42);2*1H. The summed E-state index contributed by atoms with van der Waals surface area (Å²) in [6.45, 7) is 6.75. The molecule has 1 unspecified atom stereocenters. The Labute approximate surface area is 283 Å². The molecule has 4 aromatic rings. The number of piperazine rings is 1. The Hall–Kier alpha value is -3.67. The van der Waals surface area contributed by atoms with Crippen molar-refractivity contribution in [1.29, 1.82) is 5.41 Å². The lowest BCUT2D eigenvalue weighted by atomic mass is 10.0. The number of rotatable bonds is 14. The maximum absolute atomic E-state index is 13.1. The van der Waals surface area contributed by atoms with Crippen LogP contribution < -0.4 is 15.9 Å². The molecule has 0 spiro atoms. The second kappa shape index (κ2) is 18.5. The maximum atomic E-state index is 13.1. The normalized spacial score (nSPS) is 15.1. The zero-order valence-electron chi connectivity index (χ0n) is 26.2. The van der Waals surface area contributed by atoms with Crippen LogP contribution in [0, 0.1) is 5.41 Å². The van der Waals surface area contributed by atoms with Crippen molar-refractivity contribution in [2.24, 2.45) is 5.73 Å². The molecule has 1 atom stereocenters. The number of nitrogens with two attached hydrogens (primary N) is 1. The number of carbonyl (C=O) groups excluding carboxylic acids is 1. The van der Waals surface area contributed by atoms with E-state index in [0.29, 0.717) is 25.5 Å². The highest BCUT2D eigenvalue weighted by Gasteiger charge is 2.28. The fourth-order valence-corrected chi connectivity index (χ4v) is 5.59. The van der Waals surface area contributed by atoms with E-state index in [4.69, 9.17) is 20.6 Å². The molecule has 0 radical (unpaired) electrons. The quantitative estimate of drug-likeness (QED) is 0.0789. The Balaban J connectivity index is 0.00000288. The average Bonchev–Trinajstić information content (AvgIpc) is 3.44. The third kappa shape index (κ3) is 10.7. The van der Waals surface area contributed by atoms with Crippen LogP contribution in [0.1, 0.15) is 42.3 Å². The molecule has 10 nitrogen and oxygen atoms in total. The van der Waals surface area contributed by atoms with Gasteiger partial charge in [0, 0.05) is 63.5 Å². The van der Waals surface area contributed by atoms with Crippen LogP contribution >= 0.6 is 24.8 Å². The van der Waals surface area contributed by atoms with Crippen LogP contribution in [0.25, 0.3) is 11.0 Å². The first-order valence-corrected chi connectivity index (χ1v) is 15.5. The minimum Gasteiger partial charge on any atom is -0.409 e. The van der Waals surface area contributed by atoms with Gasteiger partial charge in [-0.1, -0.05) is 54.6 Å². The Bertz CT molecular complexity index is 1520. The predicted octanol–water partition coefficient (Wildman–Crippen LogP) is 5.52. The first-order chi connectivity index (χ1) is 21.5. The lowest BCUT2D eigenvalue weighted by molar-refractivity contribution is 0.0333. The number of nitrogens with one attached hydrogen (secondary N) is 3. The number of aromatic nitrogens is 2. The van der Waals surface area contributed by atoms with Crippen LogP contribution in [0.15, 0.2) is 72.8 Å². The van der Waals surface area contributed by atoms with Gasteiger partial charge in [-0.15, -0.1) is 24.8 Å². The largest absolute Gasteiger partial charge is 0.427 e. The minimum atomic E-state index is -0.509. The second-order valence-electron chi connectivity index (χ2n) is 11.2. The predicted molar refractivity (Wildman–Crippen MR) is 187 cm³/mol. The highest BCUT2D eigenvalue weighted by molar-refractivity contribution is 5.94. The Morgan fingerprint density at radius 2 is 1.78 bits per heavy atom. The van der Waals surface area contributed by atoms with Crippen molar-refractivity contribution in [1.82, 2.24) is 25.3 Å². The number of fused-ring (bicyclic) bond motifs is 1. The van der Waals surface area contributed by atoms with E-state index in [9.17, 15) is 4.79 Å². The van der Waals surface area contributed by atoms with Crippen molar-refractivity contribution in [3.05, 3.63) is 95.3 Å². The molecule has 1 aromatic heterocycles. The molecule has 0 aliphatic carbocycles. The Morgan fingerprint density at radius 1 is 1.02 bits per heavy atom. The number of imidazole rings is 1. The van der Waals surface area contributed by atoms with Gasteiger partial charge in [-0.2, -0.15) is 0 Å². The third-order valence-electron chi connectivity index (χ3n) is 8.01. The molecule has 46 heavy (non-hydrogen) atoms. The maximum Gasteiger partial charge on any atom is 0.427 e. The number of H-pyrrole nitrogens is 1. The molecule has 1 fully saturated rings. The zero-order chi connectivity index (χ0) is 30.7. The van der Waals surface area contributed by atoms with E-state index in [1.54, 1.807) is 12.1 Å². The van der Waals surface area contributed by atoms with Crippen LogP contribution in [-0.2, 0) is 24.0 Å². The third-order valence-corrected chi connectivity index (χ3v) is 8.01. The smallest absolute Gasteiger partial charge is 0.409 e. The van der Waals surface area contributed by atoms with Gasteiger partial charge in [-0.25, -0.2) is 14.8 Å². The first kappa shape index (κ1) is 36.8. The number of carbonyl (C=O) groups is 1. The first-order valence-electron chi connectivity index (χ1n) is 15.5. The number of amides is 1. The number of amidine groups is 1. The highest BCUT2D eigenvalue weighted by atomic mass is 35.5. The molecule has 5 rings (SSSR count). The molecule has 1 saturated heterocycles. The van der Waals surface area contributed by atoms with Crippen LogP contribution in [0.3, 0.4) is 0 Å². The van der Waals surface area contributed by atoms with Gasteiger partial charge in [0.15, 0.2) is 0 Å². The lowest BCUT2D eigenvalue weighted by Crippen LogP contribution is -2.60. The minimum absolute atomic E-state index is 0. The summed E-state index contributed by atoms with van der Waals surface area (Å²) >= 11 is 0. The van der Waals surface area contributed by atoms with E-state index in [-0.39, 0.29) is 36.7 Å². The number of aryl methyl sites for hydroxylation is 2. The summed E-state index contributed by atoms with van der Waals surface area (Å²) < 4.78 is 11.1. The topological polar surface area (TPSA) is 133 Å². The molecular formula is C34H45Cl2N7O3. The van der Waals surface area contributed by atoms with Crippen LogP contribution in [0.5, 0.6) is 5.75 Å². The van der Waals surface area contributed by atoms with Gasteiger partial charge in [-0.3, -0.25) is 10.8 Å². The van der Waals surface area contributed by atoms with Crippen molar-refractivity contribution < 1.29 is 14.3 Å². The van der Waals surface area contributed by atoms with Gasteiger partial charge in [0.1, 0.15) is 17.4 Å². The summed E-state index contributed by atoms with van der Waals surface area (Å²) in [6, 6.07) is 23.9. The van der Waals surface area contributed by atoms with Gasteiger partial charge in [0.2, 0.25) is 0 Å². The van der Waals surface area contributed by atoms with Crippen molar-refractivity contribution in [3.8, 4) is 5.75 Å². The van der Waals surface area contributed by atoms with E-state index in [2.05, 4.69) is 44.6 Å². The molecule has 1 amide bonds. The van der Waals surface area contributed by atoms with Crippen molar-refractivity contribution in [3.63, 3.8) is 0 Å². The summed E-state index contributed by atoms with van der Waals surface area (Å²) in [7, 11) is 0. The molecule has 12 heteroatoms. The molecule has 0 saturated carbocycles. The number of ether oxygens (including phenoxy) is 2. The number of nitrogen functional groups attached to an aromatic ring is 1. The molecule has 3 aromatic carbocycles. The molecule has 1 aliphatic heterocycles. The van der Waals surface area contributed by atoms with Crippen molar-refractivity contribution >= 4 is 47.8 Å². The number of benzene rings is 3. The van der Waals surface area contributed by atoms with Gasteiger partial charge in [-0.05, 0) is 55.9 Å². The monoisotopic (exact) mass is 669 g/mol. The van der Waals surface area contributed by atoms with Crippen LogP contribution in [0.4, 0.5) is 4.79 Å². The van der Waals surface area contributed by atoms with Gasteiger partial charge in [0.05, 0.1) is 11.0 Å². The SMILES string of the molecule is CCOCCCc1nc2cc(OC(=O)NN3CCN(CCc4ccccc4)CC3CCc3ccc(C(=N)N)cc3)ccc2[nH]1.Cl.Cl. The Morgan fingerprint density at radius 3 is 2.52 bits per heavy atom. The van der Waals surface area contributed by atoms with Gasteiger partial charge >= 0.3 is 6.09 Å². The average molecular weight is 671 g/mol. The fourth-order valence-electron chi connectivity index (χ4n) is 5.59. The van der Waals surface area contributed by atoms with Crippen molar-refractivity contribution in [2.45, 2.75) is 45.1 Å². The summed E-state index contributed by atoms with van der Waals surface area (Å²) in [5.74, 6) is 1.41. The van der Waals surface area contributed by atoms with Crippen molar-refractivity contribution in [2.75, 3.05) is 39.4 Å². The molecule has 0 bridgehead atoms.